The maximum Gasteiger partial charge on any atom is 0.287 e. The summed E-state index contributed by atoms with van der Waals surface area (Å²) in [4.78, 5) is 27.2. The van der Waals surface area contributed by atoms with Crippen molar-refractivity contribution in [1.29, 1.82) is 0 Å². The van der Waals surface area contributed by atoms with Crippen molar-refractivity contribution in [1.82, 2.24) is 10.6 Å². The smallest absolute Gasteiger partial charge is 0.287 e. The third-order valence-electron chi connectivity index (χ3n) is 3.89. The second-order valence-electron chi connectivity index (χ2n) is 6.27. The van der Waals surface area contributed by atoms with Gasteiger partial charge in [0.2, 0.25) is 5.91 Å². The molecule has 0 aromatic carbocycles. The van der Waals surface area contributed by atoms with Gasteiger partial charge in [-0.05, 0) is 50.5 Å². The molecule has 0 fully saturated rings. The summed E-state index contributed by atoms with van der Waals surface area (Å²) in [6, 6.07) is 4.58. The Labute approximate surface area is 146 Å². The molecule has 130 valence electrons. The molecule has 0 unspecified atom stereocenters. The van der Waals surface area contributed by atoms with E-state index in [1.807, 2.05) is 27.7 Å². The second kappa shape index (κ2) is 7.66. The van der Waals surface area contributed by atoms with E-state index in [1.165, 1.54) is 16.0 Å². The van der Waals surface area contributed by atoms with Gasteiger partial charge in [-0.2, -0.15) is 0 Å². The van der Waals surface area contributed by atoms with E-state index in [9.17, 15) is 9.59 Å². The van der Waals surface area contributed by atoms with Crippen molar-refractivity contribution in [2.24, 2.45) is 5.92 Å². The molecule has 5 nitrogen and oxygen atoms in total. The van der Waals surface area contributed by atoms with E-state index in [1.54, 1.807) is 23.5 Å². The van der Waals surface area contributed by atoms with Crippen molar-refractivity contribution >= 4 is 23.2 Å². The van der Waals surface area contributed by atoms with Gasteiger partial charge in [0.25, 0.3) is 5.91 Å². The largest absolute Gasteiger partial charge is 0.459 e. The van der Waals surface area contributed by atoms with Crippen molar-refractivity contribution in [2.45, 2.75) is 46.7 Å². The second-order valence-corrected chi connectivity index (χ2v) is 7.73. The lowest BCUT2D eigenvalue weighted by atomic mass is 10.0. The first-order chi connectivity index (χ1) is 11.3. The minimum Gasteiger partial charge on any atom is -0.459 e. The maximum absolute atomic E-state index is 12.6. The molecular weight excluding hydrogens is 324 g/mol. The van der Waals surface area contributed by atoms with Crippen LogP contribution in [0.3, 0.4) is 0 Å². The topological polar surface area (TPSA) is 71.3 Å². The Kier molecular flexibility index (Phi) is 5.83. The molecule has 2 amide bonds. The quantitative estimate of drug-likeness (QED) is 0.838. The highest BCUT2D eigenvalue weighted by atomic mass is 32.1. The minimum absolute atomic E-state index is 0.0404. The Morgan fingerprint density at radius 3 is 2.38 bits per heavy atom. The van der Waals surface area contributed by atoms with Crippen LogP contribution in [-0.2, 0) is 4.79 Å². The number of furan rings is 1. The molecule has 0 radical (unpaired) electrons. The average Bonchev–Trinajstić information content (AvgIpc) is 3.13. The zero-order valence-electron chi connectivity index (χ0n) is 14.7. The number of amides is 2. The van der Waals surface area contributed by atoms with E-state index >= 15 is 0 Å². The maximum atomic E-state index is 12.6. The van der Waals surface area contributed by atoms with Crippen LogP contribution in [0.1, 0.15) is 52.7 Å². The van der Waals surface area contributed by atoms with Crippen LogP contribution < -0.4 is 10.6 Å². The van der Waals surface area contributed by atoms with Crippen molar-refractivity contribution < 1.29 is 14.0 Å². The number of carbonyl (C=O) groups excluding carboxylic acids is 2. The summed E-state index contributed by atoms with van der Waals surface area (Å²) in [6.45, 7) is 9.86. The summed E-state index contributed by atoms with van der Waals surface area (Å²) in [6.07, 6.45) is 1.43. The van der Waals surface area contributed by atoms with Crippen LogP contribution in [0.5, 0.6) is 0 Å². The molecule has 2 N–H and O–H groups in total. The zero-order chi connectivity index (χ0) is 17.9. The van der Waals surface area contributed by atoms with Crippen LogP contribution in [0.25, 0.3) is 0 Å². The zero-order valence-corrected chi connectivity index (χ0v) is 15.5. The van der Waals surface area contributed by atoms with Crippen LogP contribution >= 0.6 is 11.3 Å². The third-order valence-corrected chi connectivity index (χ3v) is 4.87. The van der Waals surface area contributed by atoms with Crippen LogP contribution in [0.15, 0.2) is 28.9 Å². The lowest BCUT2D eigenvalue weighted by molar-refractivity contribution is -0.124. The molecule has 0 saturated heterocycles. The molecule has 6 heteroatoms. The van der Waals surface area contributed by atoms with Crippen LogP contribution in [0.4, 0.5) is 0 Å². The molecule has 0 aliphatic carbocycles. The Morgan fingerprint density at radius 2 is 1.88 bits per heavy atom. The lowest BCUT2D eigenvalue weighted by Crippen LogP contribution is -2.50. The highest BCUT2D eigenvalue weighted by molar-refractivity contribution is 7.12. The van der Waals surface area contributed by atoms with Gasteiger partial charge in [0.15, 0.2) is 5.76 Å². The fourth-order valence-corrected chi connectivity index (χ4v) is 3.64. The fourth-order valence-electron chi connectivity index (χ4n) is 2.62. The Hall–Kier alpha value is -2.08. The van der Waals surface area contributed by atoms with E-state index in [4.69, 9.17) is 4.42 Å². The molecular formula is C18H24N2O3S. The van der Waals surface area contributed by atoms with Gasteiger partial charge in [0.1, 0.15) is 6.04 Å². The summed E-state index contributed by atoms with van der Waals surface area (Å²) in [5.74, 6) is -0.419. The van der Waals surface area contributed by atoms with Gasteiger partial charge in [0, 0.05) is 9.75 Å². The Morgan fingerprint density at radius 1 is 1.17 bits per heavy atom. The monoisotopic (exact) mass is 348 g/mol. The van der Waals surface area contributed by atoms with E-state index < -0.39 is 6.04 Å². The van der Waals surface area contributed by atoms with Crippen LogP contribution in [0.2, 0.25) is 0 Å². The Bertz CT molecular complexity index is 704. The van der Waals surface area contributed by atoms with Crippen molar-refractivity contribution in [3.05, 3.63) is 45.5 Å². The molecule has 0 saturated carbocycles. The first kappa shape index (κ1) is 18.3. The number of hydrogen-bond acceptors (Lipinski definition) is 4. The number of nitrogens with one attached hydrogen (secondary N) is 2. The summed E-state index contributed by atoms with van der Waals surface area (Å²) in [7, 11) is 0. The number of rotatable bonds is 6. The normalized spacial score (nSPS) is 13.6. The van der Waals surface area contributed by atoms with E-state index in [0.29, 0.717) is 0 Å². The summed E-state index contributed by atoms with van der Waals surface area (Å²) in [5, 5.41) is 5.76. The average molecular weight is 348 g/mol. The summed E-state index contributed by atoms with van der Waals surface area (Å²) >= 11 is 1.71. The van der Waals surface area contributed by atoms with Gasteiger partial charge in [0.05, 0.1) is 12.3 Å². The predicted octanol–water partition coefficient (Wildman–Crippen LogP) is 3.59. The van der Waals surface area contributed by atoms with Crippen molar-refractivity contribution in [2.75, 3.05) is 0 Å². The van der Waals surface area contributed by atoms with Crippen LogP contribution in [-0.4, -0.2) is 17.9 Å². The molecule has 2 rings (SSSR count). The van der Waals surface area contributed by atoms with Gasteiger partial charge in [-0.15, -0.1) is 11.3 Å². The van der Waals surface area contributed by atoms with Gasteiger partial charge < -0.3 is 15.1 Å². The highest BCUT2D eigenvalue weighted by Gasteiger charge is 2.27. The molecule has 2 aromatic heterocycles. The van der Waals surface area contributed by atoms with E-state index in [0.717, 1.165) is 5.56 Å². The molecule has 24 heavy (non-hydrogen) atoms. The fraction of sp³-hybridized carbons (Fsp3) is 0.444. The third kappa shape index (κ3) is 4.26. The summed E-state index contributed by atoms with van der Waals surface area (Å²) in [5.41, 5.74) is 1.12. The predicted molar refractivity (Wildman–Crippen MR) is 95.2 cm³/mol. The van der Waals surface area contributed by atoms with Crippen molar-refractivity contribution in [3.8, 4) is 0 Å². The van der Waals surface area contributed by atoms with Crippen LogP contribution in [0, 0.1) is 19.8 Å². The number of hydrogen-bond donors (Lipinski definition) is 2. The first-order valence-corrected chi connectivity index (χ1v) is 8.83. The summed E-state index contributed by atoms with van der Waals surface area (Å²) < 4.78 is 5.08. The lowest BCUT2D eigenvalue weighted by Gasteiger charge is -2.23. The van der Waals surface area contributed by atoms with E-state index in [-0.39, 0.29) is 29.5 Å². The first-order valence-electron chi connectivity index (χ1n) is 8.01. The molecule has 0 spiro atoms. The van der Waals surface area contributed by atoms with Gasteiger partial charge in [-0.3, -0.25) is 9.59 Å². The highest BCUT2D eigenvalue weighted by Crippen LogP contribution is 2.26. The Balaban J connectivity index is 2.06. The number of thiophene rings is 1. The molecule has 2 aromatic rings. The van der Waals surface area contributed by atoms with Crippen molar-refractivity contribution in [3.63, 3.8) is 0 Å². The number of carbonyl (C=O) groups is 2. The molecule has 2 heterocycles. The molecule has 2 atom stereocenters. The standard InChI is InChI=1S/C18H24N2O3S/c1-10(2)16(20-17(21)15-7-6-8-23-15)18(22)19-12(4)14-9-11(3)24-13(14)5/h6-10,12,16H,1-5H3,(H,19,22)(H,20,21)/t12-,16+/m1/s1. The van der Waals surface area contributed by atoms with Gasteiger partial charge in [-0.1, -0.05) is 13.8 Å². The molecule has 0 bridgehead atoms. The minimum atomic E-state index is -0.620. The molecule has 0 aliphatic heterocycles. The van der Waals surface area contributed by atoms with Gasteiger partial charge in [-0.25, -0.2) is 0 Å². The van der Waals surface area contributed by atoms with Gasteiger partial charge >= 0.3 is 0 Å². The SMILES string of the molecule is Cc1cc([C@@H](C)NC(=O)[C@@H](NC(=O)c2ccco2)C(C)C)c(C)s1. The van der Waals surface area contributed by atoms with E-state index in [2.05, 4.69) is 23.6 Å². The number of aryl methyl sites for hydroxylation is 2. The molecule has 0 aliphatic rings.